The highest BCUT2D eigenvalue weighted by atomic mass is 32.2. The van der Waals surface area contributed by atoms with E-state index in [4.69, 9.17) is 5.26 Å². The lowest BCUT2D eigenvalue weighted by Crippen LogP contribution is -2.30. The Morgan fingerprint density at radius 2 is 1.89 bits per heavy atom. The Hall–Kier alpha value is -3.66. The first kappa shape index (κ1) is 24.5. The molecule has 12 heteroatoms. The smallest absolute Gasteiger partial charge is 0.284 e. The molecule has 1 N–H and O–H groups in total. The molecule has 1 amide bonds. The number of amides is 1. The first-order valence-corrected chi connectivity index (χ1v) is 13.6. The van der Waals surface area contributed by atoms with E-state index >= 15 is 0 Å². The van der Waals surface area contributed by atoms with Crippen molar-refractivity contribution in [3.05, 3.63) is 81.6 Å². The number of nitriles is 1. The van der Waals surface area contributed by atoms with Crippen molar-refractivity contribution >= 4 is 49.4 Å². The van der Waals surface area contributed by atoms with Gasteiger partial charge < -0.3 is 4.90 Å². The lowest BCUT2D eigenvalue weighted by atomic mass is 10.2. The number of carbonyl (C=O) groups is 1. The maximum atomic E-state index is 14.2. The third-order valence-electron chi connectivity index (χ3n) is 4.79. The molecule has 2 aromatic heterocycles. The first-order valence-electron chi connectivity index (χ1n) is 10.1. The molecule has 0 aliphatic carbocycles. The van der Waals surface area contributed by atoms with Gasteiger partial charge in [0.05, 0.1) is 24.4 Å². The number of carbonyl (C=O) groups excluding carboxylic acids is 1. The van der Waals surface area contributed by atoms with Crippen LogP contribution in [0.1, 0.15) is 25.8 Å². The lowest BCUT2D eigenvalue weighted by molar-refractivity contribution is 0.0977. The number of aromatic nitrogens is 2. The van der Waals surface area contributed by atoms with Crippen LogP contribution >= 0.6 is 22.7 Å². The van der Waals surface area contributed by atoms with Gasteiger partial charge in [-0.05, 0) is 43.3 Å². The highest BCUT2D eigenvalue weighted by Gasteiger charge is 2.23. The summed E-state index contributed by atoms with van der Waals surface area (Å²) >= 11 is 2.55. The molecule has 2 aromatic carbocycles. The van der Waals surface area contributed by atoms with E-state index in [0.717, 1.165) is 11.1 Å². The number of sulfonamides is 1. The summed E-state index contributed by atoms with van der Waals surface area (Å²) in [5.74, 6) is -1.18. The summed E-state index contributed by atoms with van der Waals surface area (Å²) in [6.07, 6.45) is 2.55. The van der Waals surface area contributed by atoms with E-state index in [-0.39, 0.29) is 11.5 Å². The number of nitrogens with one attached hydrogen (secondary N) is 1. The summed E-state index contributed by atoms with van der Waals surface area (Å²) in [7, 11) is -3.75. The van der Waals surface area contributed by atoms with Crippen LogP contribution in [0.3, 0.4) is 0 Å². The molecule has 0 aliphatic heterocycles. The van der Waals surface area contributed by atoms with E-state index in [2.05, 4.69) is 16.0 Å². The molecule has 4 aromatic rings. The first-order chi connectivity index (χ1) is 16.6. The molecule has 0 bridgehead atoms. The predicted molar refractivity (Wildman–Crippen MR) is 134 cm³/mol. The largest absolute Gasteiger partial charge is 0.313 e. The van der Waals surface area contributed by atoms with Crippen LogP contribution in [0.2, 0.25) is 0 Å². The van der Waals surface area contributed by atoms with Crippen LogP contribution < -0.4 is 9.62 Å². The van der Waals surface area contributed by atoms with Gasteiger partial charge in [0.15, 0.2) is 5.13 Å². The minimum Gasteiger partial charge on any atom is -0.313 e. The number of rotatable bonds is 7. The second-order valence-corrected chi connectivity index (χ2v) is 11.5. The molecule has 0 unspecified atom stereocenters. The van der Waals surface area contributed by atoms with Crippen LogP contribution in [0.4, 0.5) is 15.2 Å². The highest BCUT2D eigenvalue weighted by Crippen LogP contribution is 2.35. The predicted octanol–water partition coefficient (Wildman–Crippen LogP) is 4.61. The molecule has 178 valence electrons. The summed E-state index contributed by atoms with van der Waals surface area (Å²) in [5, 5.41) is 10.1. The number of hydrogen-bond acceptors (Lipinski definition) is 9. The monoisotopic (exact) mass is 527 g/mol. The van der Waals surface area contributed by atoms with Gasteiger partial charge in [0.2, 0.25) is 10.0 Å². The van der Waals surface area contributed by atoms with Crippen molar-refractivity contribution in [3.8, 4) is 16.6 Å². The third kappa shape index (κ3) is 5.71. The van der Waals surface area contributed by atoms with Crippen LogP contribution in [-0.4, -0.2) is 30.5 Å². The van der Waals surface area contributed by atoms with E-state index in [9.17, 15) is 17.6 Å². The Morgan fingerprint density at radius 3 is 2.54 bits per heavy atom. The van der Waals surface area contributed by atoms with Crippen LogP contribution in [0.25, 0.3) is 10.6 Å². The summed E-state index contributed by atoms with van der Waals surface area (Å²) in [4.78, 5) is 24.4. The molecule has 8 nitrogen and oxygen atoms in total. The minimum absolute atomic E-state index is 0.00502. The fraction of sp³-hybridized carbons (Fsp3) is 0.130. The maximum absolute atomic E-state index is 14.2. The second-order valence-electron chi connectivity index (χ2n) is 7.46. The average Bonchev–Trinajstić information content (AvgIpc) is 3.43. The zero-order valence-corrected chi connectivity index (χ0v) is 21.0. The average molecular weight is 528 g/mol. The molecule has 2 heterocycles. The number of benzene rings is 2. The lowest BCUT2D eigenvalue weighted by Gasteiger charge is -2.21. The Morgan fingerprint density at radius 1 is 1.17 bits per heavy atom. The second kappa shape index (κ2) is 9.91. The highest BCUT2D eigenvalue weighted by molar-refractivity contribution is 7.89. The van der Waals surface area contributed by atoms with Crippen LogP contribution in [-0.2, 0) is 16.6 Å². The molecule has 0 saturated carbocycles. The number of anilines is 2. The standard InChI is InChI=1S/C23H18FN5O3S3/c1-14-20(21(30)28-35(2,31)32)27-23(33-14)29(16-9-7-15(11-25)8-10-16)13-17-12-26-22(34-17)18-5-3-4-6-19(18)24/h3-10,12H,13H2,1-2H3,(H,28,30). The van der Waals surface area contributed by atoms with Gasteiger partial charge in [-0.2, -0.15) is 5.26 Å². The molecular weight excluding hydrogens is 509 g/mol. The minimum atomic E-state index is -3.75. The molecule has 0 saturated heterocycles. The fourth-order valence-corrected chi connectivity index (χ4v) is 5.49. The van der Waals surface area contributed by atoms with E-state index in [0.29, 0.717) is 38.4 Å². The zero-order chi connectivity index (χ0) is 25.2. The van der Waals surface area contributed by atoms with Gasteiger partial charge in [-0.15, -0.1) is 22.7 Å². The Bertz CT molecular complexity index is 1540. The van der Waals surface area contributed by atoms with Crippen molar-refractivity contribution < 1.29 is 17.6 Å². The SMILES string of the molecule is Cc1sc(N(Cc2cnc(-c3ccccc3F)s2)c2ccc(C#N)cc2)nc1C(=O)NS(C)(=O)=O. The fourth-order valence-electron chi connectivity index (χ4n) is 3.21. The number of hydrogen-bond donors (Lipinski definition) is 1. The van der Waals surface area contributed by atoms with Crippen LogP contribution in [0.5, 0.6) is 0 Å². The summed E-state index contributed by atoms with van der Waals surface area (Å²) in [6.45, 7) is 1.98. The van der Waals surface area contributed by atoms with Gasteiger partial charge in [0, 0.05) is 27.2 Å². The molecule has 0 spiro atoms. The van der Waals surface area contributed by atoms with Crippen molar-refractivity contribution in [2.24, 2.45) is 0 Å². The maximum Gasteiger partial charge on any atom is 0.284 e. The topological polar surface area (TPSA) is 116 Å². The molecule has 0 aliphatic rings. The number of thiazole rings is 2. The van der Waals surface area contributed by atoms with Crippen molar-refractivity contribution in [3.63, 3.8) is 0 Å². The number of halogens is 1. The van der Waals surface area contributed by atoms with Gasteiger partial charge >= 0.3 is 0 Å². The number of nitrogens with zero attached hydrogens (tertiary/aromatic N) is 4. The Balaban J connectivity index is 1.71. The molecule has 35 heavy (non-hydrogen) atoms. The Labute approximate surface area is 209 Å². The number of aryl methyl sites for hydroxylation is 1. The van der Waals surface area contributed by atoms with Crippen LogP contribution in [0, 0.1) is 24.1 Å². The van der Waals surface area contributed by atoms with E-state index in [1.54, 1.807) is 55.6 Å². The summed E-state index contributed by atoms with van der Waals surface area (Å²) in [5.41, 5.74) is 1.59. The molecule has 0 radical (unpaired) electrons. The molecule has 4 rings (SSSR count). The summed E-state index contributed by atoms with van der Waals surface area (Å²) in [6, 6.07) is 15.3. The van der Waals surface area contributed by atoms with Crippen molar-refractivity contribution in [1.82, 2.24) is 14.7 Å². The van der Waals surface area contributed by atoms with Crippen molar-refractivity contribution in [1.29, 1.82) is 5.26 Å². The van der Waals surface area contributed by atoms with Gasteiger partial charge in [-0.1, -0.05) is 12.1 Å². The van der Waals surface area contributed by atoms with Gasteiger partial charge in [-0.25, -0.2) is 27.5 Å². The van der Waals surface area contributed by atoms with Crippen molar-refractivity contribution in [2.45, 2.75) is 13.5 Å². The molecular formula is C23H18FN5O3S3. The van der Waals surface area contributed by atoms with Gasteiger partial charge in [-0.3, -0.25) is 4.79 Å². The molecule has 0 atom stereocenters. The van der Waals surface area contributed by atoms with E-state index < -0.39 is 15.9 Å². The normalized spacial score (nSPS) is 11.1. The third-order valence-corrected chi connectivity index (χ3v) is 7.35. The van der Waals surface area contributed by atoms with Gasteiger partial charge in [0.1, 0.15) is 16.5 Å². The van der Waals surface area contributed by atoms with E-state index in [1.807, 2.05) is 9.62 Å². The van der Waals surface area contributed by atoms with Gasteiger partial charge in [0.25, 0.3) is 5.91 Å². The van der Waals surface area contributed by atoms with E-state index in [1.165, 1.54) is 28.7 Å². The zero-order valence-electron chi connectivity index (χ0n) is 18.5. The Kier molecular flexibility index (Phi) is 6.93. The quantitative estimate of drug-likeness (QED) is 0.373. The van der Waals surface area contributed by atoms with Crippen LogP contribution in [0.15, 0.2) is 54.7 Å². The molecule has 0 fully saturated rings. The van der Waals surface area contributed by atoms with Crippen molar-refractivity contribution in [2.75, 3.05) is 11.2 Å². The summed E-state index contributed by atoms with van der Waals surface area (Å²) < 4.78 is 39.2.